The number of carbonyl (C=O) groups is 1. The first kappa shape index (κ1) is 20.3. The van der Waals surface area contributed by atoms with Gasteiger partial charge in [0.05, 0.1) is 0 Å². The summed E-state index contributed by atoms with van der Waals surface area (Å²) < 4.78 is 13.0. The predicted octanol–water partition coefficient (Wildman–Crippen LogP) is 3.09. The molecule has 2 aliphatic heterocycles. The maximum Gasteiger partial charge on any atom is 0.222 e. The van der Waals surface area contributed by atoms with Crippen molar-refractivity contribution in [3.05, 3.63) is 35.6 Å². The Kier molecular flexibility index (Phi) is 7.65. The van der Waals surface area contributed by atoms with Gasteiger partial charge in [-0.3, -0.25) is 4.79 Å². The average molecular weight is 377 g/mol. The van der Waals surface area contributed by atoms with Crippen LogP contribution in [0.5, 0.6) is 0 Å². The molecule has 2 saturated heterocycles. The number of likely N-dealkylation sites (tertiary alicyclic amines) is 2. The highest BCUT2D eigenvalue weighted by molar-refractivity contribution is 5.76. The van der Waals surface area contributed by atoms with Gasteiger partial charge in [0.15, 0.2) is 0 Å². The van der Waals surface area contributed by atoms with Gasteiger partial charge in [0.25, 0.3) is 0 Å². The van der Waals surface area contributed by atoms with Crippen molar-refractivity contribution in [1.29, 1.82) is 0 Å². The smallest absolute Gasteiger partial charge is 0.222 e. The van der Waals surface area contributed by atoms with Crippen LogP contribution < -0.4 is 0 Å². The lowest BCUT2D eigenvalue weighted by Gasteiger charge is -2.26. The van der Waals surface area contributed by atoms with Crippen molar-refractivity contribution in [1.82, 2.24) is 9.80 Å². The van der Waals surface area contributed by atoms with Crippen LogP contribution >= 0.6 is 0 Å². The number of nitrogens with zero attached hydrogens (tertiary/aromatic N) is 2. The van der Waals surface area contributed by atoms with E-state index < -0.39 is 0 Å². The second kappa shape index (κ2) is 10.2. The number of aliphatic hydroxyl groups excluding tert-OH is 1. The molecule has 0 radical (unpaired) electrons. The van der Waals surface area contributed by atoms with Crippen LogP contribution in [0.15, 0.2) is 24.3 Å². The van der Waals surface area contributed by atoms with E-state index in [1.54, 1.807) is 12.1 Å². The van der Waals surface area contributed by atoms with Crippen molar-refractivity contribution in [2.45, 2.75) is 44.9 Å². The Morgan fingerprint density at radius 2 is 1.70 bits per heavy atom. The molecule has 0 spiro atoms. The zero-order valence-corrected chi connectivity index (χ0v) is 16.3. The third-order valence-corrected chi connectivity index (χ3v) is 6.12. The minimum absolute atomic E-state index is 0.165. The molecular formula is C22H33FN2O2. The van der Waals surface area contributed by atoms with Gasteiger partial charge < -0.3 is 14.9 Å². The van der Waals surface area contributed by atoms with Gasteiger partial charge in [-0.05, 0) is 62.4 Å². The Bertz CT molecular complexity index is 584. The van der Waals surface area contributed by atoms with E-state index in [1.165, 1.54) is 37.8 Å². The number of aryl methyl sites for hydroxylation is 1. The van der Waals surface area contributed by atoms with Crippen LogP contribution in [0, 0.1) is 17.7 Å². The number of amides is 1. The highest BCUT2D eigenvalue weighted by Gasteiger charge is 2.35. The summed E-state index contributed by atoms with van der Waals surface area (Å²) in [5.74, 6) is 0.551. The standard InChI is InChI=1S/C22H33FN2O2/c23-21-10-8-18(9-11-21)6-5-7-22(27)25-15-19(20(16-25)17-26)14-24-12-3-1-2-4-13-24/h8-11,19-20,26H,1-7,12-17H2/t19-,20-/m0/s1. The number of hydrogen-bond donors (Lipinski definition) is 1. The van der Waals surface area contributed by atoms with Gasteiger partial charge >= 0.3 is 0 Å². The first-order valence-electron chi connectivity index (χ1n) is 10.5. The van der Waals surface area contributed by atoms with Gasteiger partial charge in [-0.25, -0.2) is 4.39 Å². The molecule has 2 aliphatic rings. The van der Waals surface area contributed by atoms with E-state index >= 15 is 0 Å². The summed E-state index contributed by atoms with van der Waals surface area (Å²) in [4.78, 5) is 17.1. The van der Waals surface area contributed by atoms with Gasteiger partial charge in [0.2, 0.25) is 5.91 Å². The summed E-state index contributed by atoms with van der Waals surface area (Å²) in [7, 11) is 0. The van der Waals surface area contributed by atoms with Crippen molar-refractivity contribution >= 4 is 5.91 Å². The molecule has 5 heteroatoms. The highest BCUT2D eigenvalue weighted by atomic mass is 19.1. The lowest BCUT2D eigenvalue weighted by molar-refractivity contribution is -0.130. The zero-order valence-electron chi connectivity index (χ0n) is 16.3. The summed E-state index contributed by atoms with van der Waals surface area (Å²) >= 11 is 0. The molecule has 0 bridgehead atoms. The third-order valence-electron chi connectivity index (χ3n) is 6.12. The van der Waals surface area contributed by atoms with Gasteiger partial charge in [-0.1, -0.05) is 25.0 Å². The SMILES string of the molecule is O=C(CCCc1ccc(F)cc1)N1C[C@@H](CO)[C@@H](CN2CCCCCC2)C1. The molecule has 0 aliphatic carbocycles. The Morgan fingerprint density at radius 1 is 1.04 bits per heavy atom. The van der Waals surface area contributed by atoms with Crippen LogP contribution in [0.4, 0.5) is 4.39 Å². The van der Waals surface area contributed by atoms with Crippen molar-refractivity contribution in [2.24, 2.45) is 11.8 Å². The van der Waals surface area contributed by atoms with Gasteiger partial charge in [0.1, 0.15) is 5.82 Å². The molecule has 1 aromatic carbocycles. The third kappa shape index (κ3) is 6.01. The summed E-state index contributed by atoms with van der Waals surface area (Å²) in [6, 6.07) is 6.51. The Morgan fingerprint density at radius 3 is 2.37 bits per heavy atom. The van der Waals surface area contributed by atoms with Crippen molar-refractivity contribution in [2.75, 3.05) is 39.3 Å². The van der Waals surface area contributed by atoms with Crippen LogP contribution in [0.1, 0.15) is 44.1 Å². The molecule has 4 nitrogen and oxygen atoms in total. The Balaban J connectivity index is 1.45. The first-order chi connectivity index (χ1) is 13.2. The van der Waals surface area contributed by atoms with Crippen molar-refractivity contribution in [3.8, 4) is 0 Å². The van der Waals surface area contributed by atoms with E-state index in [2.05, 4.69) is 4.90 Å². The molecule has 3 rings (SSSR count). The van der Waals surface area contributed by atoms with E-state index in [0.29, 0.717) is 18.9 Å². The van der Waals surface area contributed by atoms with E-state index in [9.17, 15) is 14.3 Å². The molecule has 150 valence electrons. The Labute approximate surface area is 162 Å². The van der Waals surface area contributed by atoms with Crippen molar-refractivity contribution in [3.63, 3.8) is 0 Å². The monoisotopic (exact) mass is 376 g/mol. The van der Waals surface area contributed by atoms with Crippen LogP contribution in [0.25, 0.3) is 0 Å². The number of benzene rings is 1. The highest BCUT2D eigenvalue weighted by Crippen LogP contribution is 2.26. The second-order valence-corrected chi connectivity index (χ2v) is 8.20. The normalized spacial score (nSPS) is 24.1. The number of rotatable bonds is 7. The molecule has 2 heterocycles. The zero-order chi connectivity index (χ0) is 19.1. The van der Waals surface area contributed by atoms with Crippen LogP contribution in [0.2, 0.25) is 0 Å². The summed E-state index contributed by atoms with van der Waals surface area (Å²) in [5.41, 5.74) is 1.07. The molecule has 0 unspecified atom stereocenters. The molecule has 2 fully saturated rings. The van der Waals surface area contributed by atoms with Crippen LogP contribution in [-0.4, -0.2) is 60.1 Å². The number of aliphatic hydroxyl groups is 1. The lowest BCUT2D eigenvalue weighted by atomic mass is 9.96. The van der Waals surface area contributed by atoms with E-state index in [1.807, 2.05) is 4.90 Å². The van der Waals surface area contributed by atoms with Crippen LogP contribution in [-0.2, 0) is 11.2 Å². The minimum atomic E-state index is -0.225. The van der Waals surface area contributed by atoms with Gasteiger partial charge in [-0.15, -0.1) is 0 Å². The Hall–Kier alpha value is -1.46. The molecule has 27 heavy (non-hydrogen) atoms. The van der Waals surface area contributed by atoms with Gasteiger partial charge in [-0.2, -0.15) is 0 Å². The molecule has 1 N–H and O–H groups in total. The lowest BCUT2D eigenvalue weighted by Crippen LogP contribution is -2.35. The maximum absolute atomic E-state index is 13.0. The molecule has 1 aromatic rings. The number of hydrogen-bond acceptors (Lipinski definition) is 3. The predicted molar refractivity (Wildman–Crippen MR) is 105 cm³/mol. The number of halogens is 1. The summed E-state index contributed by atoms with van der Waals surface area (Å²) in [6.07, 6.45) is 7.27. The molecule has 2 atom stereocenters. The fourth-order valence-corrected chi connectivity index (χ4v) is 4.46. The summed E-state index contributed by atoms with van der Waals surface area (Å²) in [6.45, 7) is 4.93. The van der Waals surface area contributed by atoms with Crippen LogP contribution in [0.3, 0.4) is 0 Å². The van der Waals surface area contributed by atoms with Gasteiger partial charge in [0, 0.05) is 38.6 Å². The average Bonchev–Trinajstić information content (AvgIpc) is 2.90. The maximum atomic E-state index is 13.0. The van der Waals surface area contributed by atoms with E-state index in [4.69, 9.17) is 0 Å². The molecule has 1 amide bonds. The molecule has 0 saturated carbocycles. The van der Waals surface area contributed by atoms with E-state index in [-0.39, 0.29) is 24.2 Å². The fourth-order valence-electron chi connectivity index (χ4n) is 4.46. The topological polar surface area (TPSA) is 43.8 Å². The largest absolute Gasteiger partial charge is 0.396 e. The second-order valence-electron chi connectivity index (χ2n) is 8.20. The quantitative estimate of drug-likeness (QED) is 0.795. The fraction of sp³-hybridized carbons (Fsp3) is 0.682. The molecular weight excluding hydrogens is 343 g/mol. The van der Waals surface area contributed by atoms with E-state index in [0.717, 1.165) is 44.6 Å². The number of carbonyl (C=O) groups excluding carboxylic acids is 1. The first-order valence-corrected chi connectivity index (χ1v) is 10.5. The van der Waals surface area contributed by atoms with Crippen molar-refractivity contribution < 1.29 is 14.3 Å². The minimum Gasteiger partial charge on any atom is -0.396 e. The summed E-state index contributed by atoms with van der Waals surface area (Å²) in [5, 5.41) is 9.78. The molecule has 0 aromatic heterocycles.